The van der Waals surface area contributed by atoms with Gasteiger partial charge in [0.15, 0.2) is 0 Å². The van der Waals surface area contributed by atoms with E-state index in [1.807, 2.05) is 30.3 Å². The monoisotopic (exact) mass is 351 g/mol. The summed E-state index contributed by atoms with van der Waals surface area (Å²) in [4.78, 5) is 13.5. The second kappa shape index (κ2) is 6.61. The van der Waals surface area contributed by atoms with Crippen LogP contribution >= 0.6 is 34.8 Å². The van der Waals surface area contributed by atoms with E-state index >= 15 is 0 Å². The molecule has 1 aliphatic heterocycles. The number of alkyl halides is 3. The number of ether oxygens (including phenoxy) is 1. The fraction of sp³-hybridized carbons (Fsp3) is 0.500. The van der Waals surface area contributed by atoms with Gasteiger partial charge in [-0.25, -0.2) is 4.79 Å². The molecule has 1 saturated heterocycles. The predicted octanol–water partition coefficient (Wildman–Crippen LogP) is 3.52. The van der Waals surface area contributed by atoms with Crippen molar-refractivity contribution in [3.8, 4) is 0 Å². The standard InChI is InChI=1S/C14H16Cl3NO3/c15-14(16,17)13(20)6-8-18(9-7-13)12(19)21-10-11-4-2-1-3-5-11/h1-5,20H,6-10H2. The lowest BCUT2D eigenvalue weighted by molar-refractivity contribution is -0.0181. The SMILES string of the molecule is O=C(OCc1ccccc1)N1CCC(O)(C(Cl)(Cl)Cl)CC1. The van der Waals surface area contributed by atoms with Crippen LogP contribution in [-0.2, 0) is 11.3 Å². The lowest BCUT2D eigenvalue weighted by Crippen LogP contribution is -2.53. The van der Waals surface area contributed by atoms with Gasteiger partial charge >= 0.3 is 6.09 Å². The quantitative estimate of drug-likeness (QED) is 0.829. The summed E-state index contributed by atoms with van der Waals surface area (Å²) >= 11 is 17.3. The van der Waals surface area contributed by atoms with Crippen LogP contribution in [0, 0.1) is 0 Å². The third kappa shape index (κ3) is 4.16. The van der Waals surface area contributed by atoms with Crippen LogP contribution < -0.4 is 0 Å². The fourth-order valence-electron chi connectivity index (χ4n) is 2.15. The first kappa shape index (κ1) is 16.7. The topological polar surface area (TPSA) is 49.8 Å². The highest BCUT2D eigenvalue weighted by Crippen LogP contribution is 2.44. The van der Waals surface area contributed by atoms with Crippen molar-refractivity contribution in [1.29, 1.82) is 0 Å². The molecule has 116 valence electrons. The van der Waals surface area contributed by atoms with Gasteiger partial charge in [-0.15, -0.1) is 0 Å². The lowest BCUT2D eigenvalue weighted by atomic mass is 9.93. The predicted molar refractivity (Wildman–Crippen MR) is 82.7 cm³/mol. The van der Waals surface area contributed by atoms with Gasteiger partial charge < -0.3 is 14.7 Å². The first-order valence-corrected chi connectivity index (χ1v) is 7.70. The Bertz CT molecular complexity index is 482. The molecule has 0 radical (unpaired) electrons. The van der Waals surface area contributed by atoms with E-state index in [-0.39, 0.29) is 32.5 Å². The van der Waals surface area contributed by atoms with Crippen LogP contribution in [0.4, 0.5) is 4.79 Å². The van der Waals surface area contributed by atoms with E-state index in [4.69, 9.17) is 39.5 Å². The van der Waals surface area contributed by atoms with E-state index in [9.17, 15) is 9.90 Å². The Morgan fingerprint density at radius 2 is 1.81 bits per heavy atom. The molecule has 1 N–H and O–H groups in total. The van der Waals surface area contributed by atoms with Gasteiger partial charge in [-0.1, -0.05) is 65.1 Å². The number of hydrogen-bond acceptors (Lipinski definition) is 3. The van der Waals surface area contributed by atoms with Gasteiger partial charge in [-0.3, -0.25) is 0 Å². The number of aliphatic hydroxyl groups is 1. The van der Waals surface area contributed by atoms with Crippen molar-refractivity contribution in [2.45, 2.75) is 28.8 Å². The number of carbonyl (C=O) groups excluding carboxylic acids is 1. The summed E-state index contributed by atoms with van der Waals surface area (Å²) in [6, 6.07) is 9.42. The minimum absolute atomic E-state index is 0.198. The van der Waals surface area contributed by atoms with Crippen molar-refractivity contribution in [3.63, 3.8) is 0 Å². The second-order valence-electron chi connectivity index (χ2n) is 5.06. The normalized spacial score (nSPS) is 18.4. The number of carbonyl (C=O) groups is 1. The van der Waals surface area contributed by atoms with Crippen molar-refractivity contribution in [2.75, 3.05) is 13.1 Å². The number of hydrogen-bond donors (Lipinski definition) is 1. The second-order valence-corrected chi connectivity index (χ2v) is 7.34. The fourth-order valence-corrected chi connectivity index (χ4v) is 2.72. The number of halogens is 3. The Kier molecular flexibility index (Phi) is 5.25. The Labute approximate surface area is 138 Å². The molecular weight excluding hydrogens is 337 g/mol. The maximum atomic E-state index is 12.0. The van der Waals surface area contributed by atoms with Gasteiger partial charge in [0.2, 0.25) is 3.79 Å². The van der Waals surface area contributed by atoms with Crippen LogP contribution in [-0.4, -0.2) is 38.6 Å². The average molecular weight is 353 g/mol. The first-order valence-electron chi connectivity index (χ1n) is 6.56. The van der Waals surface area contributed by atoms with Crippen molar-refractivity contribution in [1.82, 2.24) is 4.90 Å². The molecule has 0 atom stereocenters. The zero-order valence-electron chi connectivity index (χ0n) is 11.3. The maximum absolute atomic E-state index is 12.0. The summed E-state index contributed by atoms with van der Waals surface area (Å²) in [5, 5.41) is 10.2. The zero-order valence-corrected chi connectivity index (χ0v) is 13.5. The Morgan fingerprint density at radius 1 is 1.24 bits per heavy atom. The van der Waals surface area contributed by atoms with Crippen LogP contribution in [0.2, 0.25) is 0 Å². The molecule has 4 nitrogen and oxygen atoms in total. The van der Waals surface area contributed by atoms with Crippen molar-refractivity contribution in [2.24, 2.45) is 0 Å². The number of benzene rings is 1. The lowest BCUT2D eigenvalue weighted by Gasteiger charge is -2.41. The molecule has 1 fully saturated rings. The Hall–Kier alpha value is -0.680. The zero-order chi connectivity index (χ0) is 15.5. The molecule has 0 aliphatic carbocycles. The molecule has 2 rings (SSSR count). The number of rotatable bonds is 2. The van der Waals surface area contributed by atoms with Crippen molar-refractivity contribution < 1.29 is 14.6 Å². The molecule has 21 heavy (non-hydrogen) atoms. The van der Waals surface area contributed by atoms with Crippen molar-refractivity contribution >= 4 is 40.9 Å². The molecule has 0 unspecified atom stereocenters. The summed E-state index contributed by atoms with van der Waals surface area (Å²) in [6.45, 7) is 0.793. The van der Waals surface area contributed by atoms with E-state index in [0.29, 0.717) is 0 Å². The molecule has 7 heteroatoms. The molecule has 0 spiro atoms. The minimum Gasteiger partial charge on any atom is -0.445 e. The average Bonchev–Trinajstić information content (AvgIpc) is 2.45. The maximum Gasteiger partial charge on any atom is 0.410 e. The van der Waals surface area contributed by atoms with E-state index in [2.05, 4.69) is 0 Å². The van der Waals surface area contributed by atoms with E-state index in [1.54, 1.807) is 0 Å². The van der Waals surface area contributed by atoms with Crippen molar-refractivity contribution in [3.05, 3.63) is 35.9 Å². The molecule has 1 amide bonds. The molecule has 1 aromatic rings. The highest BCUT2D eigenvalue weighted by Gasteiger charge is 2.49. The molecule has 1 aromatic carbocycles. The van der Waals surface area contributed by atoms with Crippen LogP contribution in [0.3, 0.4) is 0 Å². The molecule has 0 saturated carbocycles. The number of likely N-dealkylation sites (tertiary alicyclic amines) is 1. The molecular formula is C14H16Cl3NO3. The van der Waals surface area contributed by atoms with Crippen LogP contribution in [0.5, 0.6) is 0 Å². The first-order chi connectivity index (χ1) is 9.82. The summed E-state index contributed by atoms with van der Waals surface area (Å²) in [6.07, 6.45) is -0.0290. The van der Waals surface area contributed by atoms with Gasteiger partial charge in [0, 0.05) is 13.1 Å². The number of nitrogens with zero attached hydrogens (tertiary/aromatic N) is 1. The van der Waals surface area contributed by atoms with E-state index in [0.717, 1.165) is 5.56 Å². The summed E-state index contributed by atoms with van der Waals surface area (Å²) < 4.78 is 3.47. The summed E-state index contributed by atoms with van der Waals surface area (Å²) in [5.41, 5.74) is -0.492. The van der Waals surface area contributed by atoms with Gasteiger partial charge in [0.05, 0.1) is 0 Å². The van der Waals surface area contributed by atoms with E-state index in [1.165, 1.54) is 4.90 Å². The van der Waals surface area contributed by atoms with Gasteiger partial charge in [0.25, 0.3) is 0 Å². The Morgan fingerprint density at radius 3 is 2.33 bits per heavy atom. The molecule has 0 aromatic heterocycles. The van der Waals surface area contributed by atoms with Crippen LogP contribution in [0.15, 0.2) is 30.3 Å². The largest absolute Gasteiger partial charge is 0.445 e. The van der Waals surface area contributed by atoms with Gasteiger partial charge in [0.1, 0.15) is 12.2 Å². The molecule has 1 aliphatic rings. The number of piperidine rings is 1. The van der Waals surface area contributed by atoms with Gasteiger partial charge in [-0.2, -0.15) is 0 Å². The van der Waals surface area contributed by atoms with Crippen LogP contribution in [0.1, 0.15) is 18.4 Å². The number of amides is 1. The summed E-state index contributed by atoms with van der Waals surface area (Å²) in [7, 11) is 0. The van der Waals surface area contributed by atoms with E-state index < -0.39 is 15.5 Å². The highest BCUT2D eigenvalue weighted by atomic mass is 35.6. The highest BCUT2D eigenvalue weighted by molar-refractivity contribution is 6.68. The minimum atomic E-state index is -1.76. The van der Waals surface area contributed by atoms with Gasteiger partial charge in [-0.05, 0) is 18.4 Å². The molecule has 0 bridgehead atoms. The molecule has 1 heterocycles. The summed E-state index contributed by atoms with van der Waals surface area (Å²) in [5.74, 6) is 0. The Balaban J connectivity index is 1.84. The van der Waals surface area contributed by atoms with Crippen LogP contribution in [0.25, 0.3) is 0 Å². The third-order valence-corrected chi connectivity index (χ3v) is 4.64. The smallest absolute Gasteiger partial charge is 0.410 e. The third-order valence-electron chi connectivity index (χ3n) is 3.58.